The van der Waals surface area contributed by atoms with Crippen LogP contribution in [-0.4, -0.2) is 11.1 Å². The molecule has 0 amide bonds. The van der Waals surface area contributed by atoms with Crippen molar-refractivity contribution in [3.05, 3.63) is 30.3 Å². The van der Waals surface area contributed by atoms with E-state index in [0.29, 0.717) is 0 Å². The molecule has 1 aromatic rings. The summed E-state index contributed by atoms with van der Waals surface area (Å²) in [4.78, 5) is 9.37. The molecule has 0 atom stereocenters. The van der Waals surface area contributed by atoms with Gasteiger partial charge in [0, 0.05) is 6.42 Å². The Morgan fingerprint density at radius 3 is 2.19 bits per heavy atom. The minimum atomic E-state index is -0.745. The van der Waals surface area contributed by atoms with Crippen molar-refractivity contribution in [2.24, 2.45) is 5.92 Å². The second-order valence-electron chi connectivity index (χ2n) is 4.17. The van der Waals surface area contributed by atoms with E-state index in [1.807, 2.05) is 0 Å². The molecule has 0 aromatic heterocycles. The van der Waals surface area contributed by atoms with Crippen molar-refractivity contribution in [3.8, 4) is 0 Å². The number of aliphatic carboxylic acids is 1. The van der Waals surface area contributed by atoms with Crippen molar-refractivity contribution in [2.75, 3.05) is 0 Å². The number of rotatable bonds is 4. The Bertz CT molecular complexity index is 283. The average molecular weight is 274 g/mol. The van der Waals surface area contributed by atoms with Crippen LogP contribution in [0.1, 0.15) is 27.2 Å². The van der Waals surface area contributed by atoms with Gasteiger partial charge >= 0.3 is 82.4 Å². The standard InChI is InChI=1S/C6H5.C4H9.C3H6O2.Zn/c1-2-4-6-5-3-1;1-4(2)3;1-2-3(4)5;/h1-5H;4H,1H2,2-3H3;2H2,1H3,(H,4,5);. The Kier molecular flexibility index (Phi) is 9.12. The summed E-state index contributed by atoms with van der Waals surface area (Å²) in [7, 11) is 0. The van der Waals surface area contributed by atoms with Gasteiger partial charge in [-0.25, -0.2) is 0 Å². The molecule has 1 N–H and O–H groups in total. The van der Waals surface area contributed by atoms with E-state index in [0.717, 1.165) is 5.92 Å². The van der Waals surface area contributed by atoms with Crippen LogP contribution in [0.25, 0.3) is 0 Å². The molecule has 0 heterocycles. The molecule has 0 unspecified atom stereocenters. The zero-order valence-electron chi connectivity index (χ0n) is 10.4. The van der Waals surface area contributed by atoms with Gasteiger partial charge in [-0.1, -0.05) is 6.92 Å². The van der Waals surface area contributed by atoms with E-state index in [4.69, 9.17) is 5.11 Å². The fourth-order valence-electron chi connectivity index (χ4n) is 1.10. The van der Waals surface area contributed by atoms with Gasteiger partial charge in [0.25, 0.3) is 0 Å². The Morgan fingerprint density at radius 2 is 1.81 bits per heavy atom. The minimum absolute atomic E-state index is 0.222. The predicted molar refractivity (Wildman–Crippen MR) is 63.6 cm³/mol. The van der Waals surface area contributed by atoms with Crippen molar-refractivity contribution in [2.45, 2.75) is 32.2 Å². The van der Waals surface area contributed by atoms with Crippen LogP contribution >= 0.6 is 0 Å². The summed E-state index contributed by atoms with van der Waals surface area (Å²) in [6.07, 6.45) is 0.222. The maximum absolute atomic E-state index is 9.37. The monoisotopic (exact) mass is 272 g/mol. The first-order chi connectivity index (χ1) is 7.56. The Labute approximate surface area is 106 Å². The SMILES string of the molecule is CC(C)[CH2][Zn][c]1ccccc1.CCC(=O)O. The third-order valence-electron chi connectivity index (χ3n) is 2.16. The third kappa shape index (κ3) is 9.85. The zero-order chi connectivity index (χ0) is 12.4. The van der Waals surface area contributed by atoms with Crippen molar-refractivity contribution >= 4 is 10.1 Å². The first-order valence-electron chi connectivity index (χ1n) is 5.82. The van der Waals surface area contributed by atoms with Crippen LogP contribution in [0.15, 0.2) is 30.3 Å². The van der Waals surface area contributed by atoms with E-state index in [1.165, 1.54) is 5.02 Å². The van der Waals surface area contributed by atoms with Crippen LogP contribution in [0.3, 0.4) is 0 Å². The topological polar surface area (TPSA) is 37.3 Å². The second kappa shape index (κ2) is 9.53. The van der Waals surface area contributed by atoms with Gasteiger partial charge in [0.15, 0.2) is 0 Å². The third-order valence-corrected chi connectivity index (χ3v) is 7.38. The fourth-order valence-corrected chi connectivity index (χ4v) is 4.28. The largest absolute Gasteiger partial charge is 0.481 e. The first-order valence-corrected chi connectivity index (χ1v) is 9.40. The van der Waals surface area contributed by atoms with Gasteiger partial charge in [0.05, 0.1) is 0 Å². The molecular weight excluding hydrogens is 254 g/mol. The van der Waals surface area contributed by atoms with Crippen LogP contribution in [0.2, 0.25) is 5.02 Å². The van der Waals surface area contributed by atoms with Gasteiger partial charge in [-0.3, -0.25) is 4.79 Å². The van der Waals surface area contributed by atoms with E-state index < -0.39 is 5.97 Å². The van der Waals surface area contributed by atoms with Gasteiger partial charge in [0.2, 0.25) is 0 Å². The minimum Gasteiger partial charge on any atom is -0.481 e. The molecular formula is C13H20O2Zn. The molecule has 1 aromatic carbocycles. The number of carboxylic acids is 1. The quantitative estimate of drug-likeness (QED) is 0.857. The number of carbonyl (C=O) groups is 1. The predicted octanol–water partition coefficient (Wildman–Crippen LogP) is 2.95. The van der Waals surface area contributed by atoms with E-state index in [-0.39, 0.29) is 23.5 Å². The molecule has 2 nitrogen and oxygen atoms in total. The van der Waals surface area contributed by atoms with Gasteiger partial charge in [0.1, 0.15) is 0 Å². The number of carboxylic acid groups (broad SMARTS) is 1. The average Bonchev–Trinajstić information content (AvgIpc) is 2.28. The van der Waals surface area contributed by atoms with E-state index in [2.05, 4.69) is 44.2 Å². The van der Waals surface area contributed by atoms with Crippen molar-refractivity contribution in [1.29, 1.82) is 0 Å². The summed E-state index contributed by atoms with van der Waals surface area (Å²) in [6, 6.07) is 11.0. The van der Waals surface area contributed by atoms with Crippen LogP contribution in [-0.2, 0) is 21.9 Å². The van der Waals surface area contributed by atoms with Gasteiger partial charge in [-0.05, 0) is 0 Å². The van der Waals surface area contributed by atoms with E-state index in [9.17, 15) is 4.79 Å². The molecule has 0 saturated carbocycles. The normalized spacial score (nSPS) is 9.00. The number of hydrogen-bond donors (Lipinski definition) is 1. The molecule has 0 bridgehead atoms. The molecule has 16 heavy (non-hydrogen) atoms. The smallest absolute Gasteiger partial charge is 0.303 e. The van der Waals surface area contributed by atoms with Gasteiger partial charge in [-0.2, -0.15) is 0 Å². The second-order valence-corrected chi connectivity index (χ2v) is 8.14. The van der Waals surface area contributed by atoms with Crippen molar-refractivity contribution in [1.82, 2.24) is 0 Å². The maximum Gasteiger partial charge on any atom is 0.303 e. The summed E-state index contributed by atoms with van der Waals surface area (Å²) < 4.78 is 1.65. The zero-order valence-corrected chi connectivity index (χ0v) is 13.4. The molecule has 0 saturated heterocycles. The summed E-state index contributed by atoms with van der Waals surface area (Å²) in [5.41, 5.74) is 0. The molecule has 0 spiro atoms. The number of hydrogen-bond acceptors (Lipinski definition) is 1. The molecule has 0 aliphatic rings. The van der Waals surface area contributed by atoms with Crippen molar-refractivity contribution in [3.63, 3.8) is 0 Å². The van der Waals surface area contributed by atoms with Crippen molar-refractivity contribution < 1.29 is 27.0 Å². The molecule has 0 aliphatic heterocycles. The number of benzene rings is 1. The van der Waals surface area contributed by atoms with E-state index >= 15 is 0 Å². The van der Waals surface area contributed by atoms with Crippen LogP contribution in [0.4, 0.5) is 0 Å². The summed E-state index contributed by atoms with van der Waals surface area (Å²) in [5.74, 6) is 0.153. The molecule has 86 valence electrons. The molecule has 0 aliphatic carbocycles. The van der Waals surface area contributed by atoms with Gasteiger partial charge < -0.3 is 5.11 Å². The van der Waals surface area contributed by atoms with E-state index in [1.54, 1.807) is 11.1 Å². The van der Waals surface area contributed by atoms with Crippen LogP contribution in [0, 0.1) is 5.92 Å². The Morgan fingerprint density at radius 1 is 1.31 bits per heavy atom. The summed E-state index contributed by atoms with van der Waals surface area (Å²) in [5, 5.41) is 9.21. The molecule has 1 rings (SSSR count). The summed E-state index contributed by atoms with van der Waals surface area (Å²) in [6.45, 7) is 6.23. The fraction of sp³-hybridized carbons (Fsp3) is 0.462. The maximum atomic E-state index is 9.37. The molecule has 0 radical (unpaired) electrons. The van der Waals surface area contributed by atoms with Crippen LogP contribution < -0.4 is 4.16 Å². The molecule has 0 fully saturated rings. The first kappa shape index (κ1) is 15.3. The van der Waals surface area contributed by atoms with Gasteiger partial charge in [-0.15, -0.1) is 0 Å². The molecule has 3 heteroatoms. The Hall–Kier alpha value is -0.687. The summed E-state index contributed by atoms with van der Waals surface area (Å²) >= 11 is -0.372. The van der Waals surface area contributed by atoms with Crippen LogP contribution in [0.5, 0.6) is 0 Å². The Balaban J connectivity index is 0.000000385.